The average molecular weight is 255 g/mol. The summed E-state index contributed by atoms with van der Waals surface area (Å²) in [6, 6.07) is 2.56. The topological polar surface area (TPSA) is 98.3 Å². The maximum absolute atomic E-state index is 12.9. The van der Waals surface area contributed by atoms with Gasteiger partial charge in [0, 0.05) is 6.04 Å². The number of nitrogens with two attached hydrogens (primary N) is 1. The Kier molecular flexibility index (Phi) is 4.33. The van der Waals surface area contributed by atoms with E-state index in [-0.39, 0.29) is 11.7 Å². The number of carbonyl (C=O) groups is 1. The van der Waals surface area contributed by atoms with E-state index < -0.39 is 28.3 Å². The van der Waals surface area contributed by atoms with Crippen molar-refractivity contribution < 1.29 is 14.1 Å². The molecule has 0 saturated heterocycles. The van der Waals surface area contributed by atoms with Gasteiger partial charge in [-0.1, -0.05) is 6.92 Å². The normalized spacial score (nSPS) is 13.8. The number of anilines is 1. The maximum Gasteiger partial charge on any atom is 0.295 e. The van der Waals surface area contributed by atoms with E-state index in [1.165, 1.54) is 0 Å². The molecule has 2 unspecified atom stereocenters. The van der Waals surface area contributed by atoms with Crippen molar-refractivity contribution >= 4 is 17.3 Å². The number of nitrogens with one attached hydrogen (secondary N) is 1. The van der Waals surface area contributed by atoms with Crippen LogP contribution in [0.3, 0.4) is 0 Å². The minimum atomic E-state index is -0.755. The summed E-state index contributed by atoms with van der Waals surface area (Å²) in [4.78, 5) is 21.7. The van der Waals surface area contributed by atoms with Crippen LogP contribution in [0.15, 0.2) is 18.2 Å². The van der Waals surface area contributed by atoms with Crippen LogP contribution in [0.1, 0.15) is 13.8 Å². The monoisotopic (exact) mass is 255 g/mol. The Morgan fingerprint density at radius 2 is 2.11 bits per heavy atom. The van der Waals surface area contributed by atoms with Crippen LogP contribution >= 0.6 is 0 Å². The number of halogens is 1. The smallest absolute Gasteiger partial charge is 0.295 e. The first-order valence-electron chi connectivity index (χ1n) is 5.33. The summed E-state index contributed by atoms with van der Waals surface area (Å²) in [6.45, 7) is 3.26. The van der Waals surface area contributed by atoms with Crippen LogP contribution < -0.4 is 11.1 Å². The third-order valence-corrected chi connectivity index (χ3v) is 2.62. The quantitative estimate of drug-likeness (QED) is 0.631. The lowest BCUT2D eigenvalue weighted by Gasteiger charge is -2.15. The van der Waals surface area contributed by atoms with Crippen molar-refractivity contribution in [2.24, 2.45) is 11.7 Å². The highest BCUT2D eigenvalue weighted by molar-refractivity contribution is 5.94. The zero-order chi connectivity index (χ0) is 13.9. The lowest BCUT2D eigenvalue weighted by Crippen LogP contribution is -2.34. The lowest BCUT2D eigenvalue weighted by atomic mass is 10.0. The van der Waals surface area contributed by atoms with Crippen LogP contribution in [-0.4, -0.2) is 16.9 Å². The number of amides is 1. The maximum atomic E-state index is 12.9. The highest BCUT2D eigenvalue weighted by Crippen LogP contribution is 2.25. The molecule has 0 spiro atoms. The number of hydrogen-bond donors (Lipinski definition) is 2. The summed E-state index contributed by atoms with van der Waals surface area (Å²) in [6.07, 6.45) is 0. The second kappa shape index (κ2) is 5.54. The average Bonchev–Trinajstić information content (AvgIpc) is 2.29. The van der Waals surface area contributed by atoms with E-state index in [0.717, 1.165) is 18.2 Å². The number of nitro benzene ring substituents is 1. The third-order valence-electron chi connectivity index (χ3n) is 2.62. The van der Waals surface area contributed by atoms with Crippen LogP contribution in [0.2, 0.25) is 0 Å². The minimum absolute atomic E-state index is 0.0427. The summed E-state index contributed by atoms with van der Waals surface area (Å²) in [5, 5.41) is 13.1. The molecule has 1 aromatic rings. The Balaban J connectivity index is 2.98. The number of nitro groups is 1. The van der Waals surface area contributed by atoms with Crippen molar-refractivity contribution in [3.8, 4) is 0 Å². The molecular formula is C11H14FN3O3. The molecule has 0 radical (unpaired) electrons. The first kappa shape index (κ1) is 14.0. The highest BCUT2D eigenvalue weighted by Gasteiger charge is 2.21. The first-order valence-corrected chi connectivity index (χ1v) is 5.33. The van der Waals surface area contributed by atoms with Crippen LogP contribution in [-0.2, 0) is 4.79 Å². The van der Waals surface area contributed by atoms with E-state index in [0.29, 0.717) is 0 Å². The van der Waals surface area contributed by atoms with Gasteiger partial charge in [-0.15, -0.1) is 0 Å². The molecule has 6 nitrogen and oxygen atoms in total. The van der Waals surface area contributed by atoms with Crippen molar-refractivity contribution in [1.82, 2.24) is 0 Å². The zero-order valence-corrected chi connectivity index (χ0v) is 10.0. The highest BCUT2D eigenvalue weighted by atomic mass is 19.1. The molecule has 0 saturated carbocycles. The summed E-state index contributed by atoms with van der Waals surface area (Å²) >= 11 is 0. The molecular weight excluding hydrogens is 241 g/mol. The summed E-state index contributed by atoms with van der Waals surface area (Å²) in [5.74, 6) is -1.69. The van der Waals surface area contributed by atoms with Crippen molar-refractivity contribution in [1.29, 1.82) is 0 Å². The van der Waals surface area contributed by atoms with Crippen molar-refractivity contribution in [3.63, 3.8) is 0 Å². The fraction of sp³-hybridized carbons (Fsp3) is 0.364. The predicted octanol–water partition coefficient (Wildman–Crippen LogP) is 1.66. The molecule has 1 aromatic carbocycles. The van der Waals surface area contributed by atoms with Gasteiger partial charge in [-0.2, -0.15) is 0 Å². The molecule has 1 amide bonds. The van der Waals surface area contributed by atoms with Gasteiger partial charge in [-0.3, -0.25) is 14.9 Å². The fourth-order valence-electron chi connectivity index (χ4n) is 1.25. The van der Waals surface area contributed by atoms with Gasteiger partial charge in [0.1, 0.15) is 11.5 Å². The van der Waals surface area contributed by atoms with Crippen LogP contribution in [0.5, 0.6) is 0 Å². The molecule has 0 fully saturated rings. The zero-order valence-electron chi connectivity index (χ0n) is 10.0. The Hall–Kier alpha value is -2.02. The SMILES string of the molecule is CC(N)C(C)C(=O)Nc1ccc(F)cc1[N+](=O)[O-]. The van der Waals surface area contributed by atoms with E-state index >= 15 is 0 Å². The van der Waals surface area contributed by atoms with Crippen molar-refractivity contribution in [2.45, 2.75) is 19.9 Å². The summed E-state index contributed by atoms with van der Waals surface area (Å²) < 4.78 is 12.9. The van der Waals surface area contributed by atoms with Gasteiger partial charge in [0.15, 0.2) is 0 Å². The molecule has 0 aromatic heterocycles. The summed E-state index contributed by atoms with van der Waals surface area (Å²) in [7, 11) is 0. The third kappa shape index (κ3) is 3.24. The van der Waals surface area contributed by atoms with Gasteiger partial charge in [0.05, 0.1) is 16.9 Å². The van der Waals surface area contributed by atoms with E-state index in [1.807, 2.05) is 0 Å². The molecule has 0 aliphatic heterocycles. The Labute approximate surface area is 103 Å². The number of carbonyl (C=O) groups excluding carboxylic acids is 1. The van der Waals surface area contributed by atoms with Gasteiger partial charge in [0.25, 0.3) is 5.69 Å². The van der Waals surface area contributed by atoms with Gasteiger partial charge in [-0.05, 0) is 19.1 Å². The Morgan fingerprint density at radius 3 is 2.61 bits per heavy atom. The first-order chi connectivity index (χ1) is 8.32. The standard InChI is InChI=1S/C11H14FN3O3/c1-6(7(2)13)11(16)14-9-4-3-8(12)5-10(9)15(17)18/h3-7H,13H2,1-2H3,(H,14,16). The number of rotatable bonds is 4. The van der Waals surface area contributed by atoms with Crippen LogP contribution in [0, 0.1) is 21.8 Å². The largest absolute Gasteiger partial charge is 0.327 e. The van der Waals surface area contributed by atoms with E-state index in [1.54, 1.807) is 13.8 Å². The Bertz CT molecular complexity index is 477. The molecule has 1 rings (SSSR count). The summed E-state index contributed by atoms with van der Waals surface area (Å²) in [5.41, 5.74) is 5.03. The molecule has 18 heavy (non-hydrogen) atoms. The number of nitrogens with zero attached hydrogens (tertiary/aromatic N) is 1. The molecule has 3 N–H and O–H groups in total. The van der Waals surface area contributed by atoms with Crippen LogP contribution in [0.25, 0.3) is 0 Å². The Morgan fingerprint density at radius 1 is 1.50 bits per heavy atom. The number of hydrogen-bond acceptors (Lipinski definition) is 4. The van der Waals surface area contributed by atoms with E-state index in [2.05, 4.69) is 5.32 Å². The number of benzene rings is 1. The molecule has 0 bridgehead atoms. The van der Waals surface area contributed by atoms with Gasteiger partial charge >= 0.3 is 0 Å². The fourth-order valence-corrected chi connectivity index (χ4v) is 1.25. The van der Waals surface area contributed by atoms with Gasteiger partial charge in [-0.25, -0.2) is 4.39 Å². The van der Waals surface area contributed by atoms with Gasteiger partial charge < -0.3 is 11.1 Å². The molecule has 2 atom stereocenters. The van der Waals surface area contributed by atoms with E-state index in [4.69, 9.17) is 5.73 Å². The molecule has 0 aliphatic rings. The molecule has 0 heterocycles. The second-order valence-electron chi connectivity index (χ2n) is 4.06. The molecule has 0 aliphatic carbocycles. The van der Waals surface area contributed by atoms with E-state index in [9.17, 15) is 19.3 Å². The van der Waals surface area contributed by atoms with Crippen molar-refractivity contribution in [2.75, 3.05) is 5.32 Å². The predicted molar refractivity (Wildman–Crippen MR) is 64.5 cm³/mol. The van der Waals surface area contributed by atoms with Gasteiger partial charge in [0.2, 0.25) is 5.91 Å². The van der Waals surface area contributed by atoms with Crippen molar-refractivity contribution in [3.05, 3.63) is 34.1 Å². The second-order valence-corrected chi connectivity index (χ2v) is 4.06. The minimum Gasteiger partial charge on any atom is -0.327 e. The molecule has 7 heteroatoms. The lowest BCUT2D eigenvalue weighted by molar-refractivity contribution is -0.384. The molecule has 98 valence electrons. The van der Waals surface area contributed by atoms with Crippen LogP contribution in [0.4, 0.5) is 15.8 Å².